The molecule has 1 aromatic rings. The minimum Gasteiger partial charge on any atom is -0.466 e. The zero-order valence-electron chi connectivity index (χ0n) is 17.4. The Balaban J connectivity index is 2.37. The van der Waals surface area contributed by atoms with Gasteiger partial charge in [0.1, 0.15) is 0 Å². The van der Waals surface area contributed by atoms with Crippen molar-refractivity contribution >= 4 is 20.0 Å². The summed E-state index contributed by atoms with van der Waals surface area (Å²) in [5, 5.41) is 11.3. The summed E-state index contributed by atoms with van der Waals surface area (Å²) >= 11 is 0. The van der Waals surface area contributed by atoms with Gasteiger partial charge in [-0.05, 0) is 19.1 Å². The van der Waals surface area contributed by atoms with Gasteiger partial charge in [0.05, 0.1) is 26.9 Å². The van der Waals surface area contributed by atoms with E-state index in [1.54, 1.807) is 30.3 Å². The highest BCUT2D eigenvalue weighted by Crippen LogP contribution is 2.39. The molecule has 6 nitrogen and oxygen atoms in total. The van der Waals surface area contributed by atoms with E-state index in [2.05, 4.69) is 25.3 Å². The van der Waals surface area contributed by atoms with Crippen LogP contribution in [0.2, 0.25) is 19.6 Å². The van der Waals surface area contributed by atoms with E-state index in [-0.39, 0.29) is 24.0 Å². The smallest absolute Gasteiger partial charge is 0.352 e. The largest absolute Gasteiger partial charge is 0.466 e. The van der Waals surface area contributed by atoms with Gasteiger partial charge < -0.3 is 19.3 Å². The first-order chi connectivity index (χ1) is 13.0. The number of rotatable bonds is 5. The van der Waals surface area contributed by atoms with Crippen molar-refractivity contribution in [3.8, 4) is 0 Å². The van der Waals surface area contributed by atoms with E-state index in [9.17, 15) is 14.7 Å². The number of hydrogen-bond acceptors (Lipinski definition) is 6. The lowest BCUT2D eigenvalue weighted by Crippen LogP contribution is -2.57. The number of esters is 2. The average Bonchev–Trinajstić information content (AvgIpc) is 2.62. The molecule has 1 aromatic carbocycles. The average molecular weight is 407 g/mol. The third-order valence-corrected chi connectivity index (χ3v) is 6.05. The fraction of sp³-hybridized carbons (Fsp3) is 0.524. The minimum atomic E-state index is -1.99. The van der Waals surface area contributed by atoms with Gasteiger partial charge in [0.15, 0.2) is 0 Å². The molecule has 0 aromatic heterocycles. The Bertz CT molecular complexity index is 739. The lowest BCUT2D eigenvalue weighted by Gasteiger charge is -2.43. The van der Waals surface area contributed by atoms with Crippen molar-refractivity contribution in [3.05, 3.63) is 47.2 Å². The summed E-state index contributed by atoms with van der Waals surface area (Å²) in [6, 6.07) is 8.29. The van der Waals surface area contributed by atoms with E-state index in [0.717, 1.165) is 5.57 Å². The van der Waals surface area contributed by atoms with E-state index in [0.29, 0.717) is 0 Å². The summed E-state index contributed by atoms with van der Waals surface area (Å²) < 4.78 is 16.0. The first kappa shape index (κ1) is 22.3. The molecule has 0 spiro atoms. The lowest BCUT2D eigenvalue weighted by atomic mass is 9.86. The Labute approximate surface area is 167 Å². The fourth-order valence-corrected chi connectivity index (χ4v) is 4.77. The number of carbonyl (C=O) groups is 2. The highest BCUT2D eigenvalue weighted by atomic mass is 28.3. The second-order valence-corrected chi connectivity index (χ2v) is 13.4. The zero-order chi connectivity index (χ0) is 21.1. The van der Waals surface area contributed by atoms with Crippen molar-refractivity contribution in [2.24, 2.45) is 5.92 Å². The third-order valence-electron chi connectivity index (χ3n) is 4.81. The molecule has 0 aliphatic carbocycles. The molecule has 28 heavy (non-hydrogen) atoms. The van der Waals surface area contributed by atoms with Crippen LogP contribution in [0.3, 0.4) is 0 Å². The van der Waals surface area contributed by atoms with Gasteiger partial charge in [-0.1, -0.05) is 56.0 Å². The molecule has 1 fully saturated rings. The second kappa shape index (κ2) is 8.59. The van der Waals surface area contributed by atoms with E-state index in [4.69, 9.17) is 14.2 Å². The summed E-state index contributed by atoms with van der Waals surface area (Å²) in [6.45, 7) is 10.4. The van der Waals surface area contributed by atoms with Gasteiger partial charge >= 0.3 is 11.9 Å². The van der Waals surface area contributed by atoms with Crippen molar-refractivity contribution in [2.75, 3.05) is 7.11 Å². The lowest BCUT2D eigenvalue weighted by molar-refractivity contribution is -0.288. The highest BCUT2D eigenvalue weighted by molar-refractivity contribution is 6.81. The van der Waals surface area contributed by atoms with Crippen LogP contribution in [0.15, 0.2) is 41.6 Å². The van der Waals surface area contributed by atoms with Gasteiger partial charge in [0, 0.05) is 12.3 Å². The number of hydrogen-bond donors (Lipinski definition) is 1. The van der Waals surface area contributed by atoms with Crippen LogP contribution >= 0.6 is 0 Å². The van der Waals surface area contributed by atoms with Crippen LogP contribution in [-0.4, -0.2) is 50.2 Å². The molecule has 2 rings (SSSR count). The van der Waals surface area contributed by atoms with Crippen LogP contribution < -0.4 is 0 Å². The quantitative estimate of drug-likeness (QED) is 0.597. The summed E-state index contributed by atoms with van der Waals surface area (Å²) in [6.07, 6.45) is -1.88. The molecular formula is C21H30O6Si. The standard InChI is InChI=1S/C21H30O6Si/c1-14-15(2)27-21(24,12-17(14)13-28(4,5)6)18(20(23)25-3)26-19(22)16-10-8-7-9-11-16/h7-11,13-15,18,24H,12H2,1-6H3/b17-13+/t14-,15+,18+,21+/m1/s1. The molecule has 4 atom stereocenters. The Morgan fingerprint density at radius 2 is 1.86 bits per heavy atom. The van der Waals surface area contributed by atoms with Crippen LogP contribution in [0.25, 0.3) is 0 Å². The van der Waals surface area contributed by atoms with E-state index < -0.39 is 31.9 Å². The number of ether oxygens (including phenoxy) is 3. The monoisotopic (exact) mass is 406 g/mol. The Hall–Kier alpha value is -1.96. The molecular weight excluding hydrogens is 376 g/mol. The topological polar surface area (TPSA) is 82.1 Å². The van der Waals surface area contributed by atoms with Crippen LogP contribution in [0.4, 0.5) is 0 Å². The van der Waals surface area contributed by atoms with Crippen molar-refractivity contribution < 1.29 is 28.9 Å². The molecule has 0 amide bonds. The van der Waals surface area contributed by atoms with Crippen LogP contribution in [0, 0.1) is 5.92 Å². The Morgan fingerprint density at radius 1 is 1.25 bits per heavy atom. The number of aliphatic hydroxyl groups is 1. The van der Waals surface area contributed by atoms with E-state index >= 15 is 0 Å². The molecule has 1 aliphatic heterocycles. The van der Waals surface area contributed by atoms with Crippen LogP contribution in [0.5, 0.6) is 0 Å². The molecule has 0 bridgehead atoms. The van der Waals surface area contributed by atoms with Crippen molar-refractivity contribution in [2.45, 2.75) is 57.9 Å². The highest BCUT2D eigenvalue weighted by Gasteiger charge is 2.52. The van der Waals surface area contributed by atoms with Gasteiger partial charge in [-0.2, -0.15) is 0 Å². The first-order valence-electron chi connectivity index (χ1n) is 9.42. The van der Waals surface area contributed by atoms with Crippen LogP contribution in [-0.2, 0) is 19.0 Å². The molecule has 1 N–H and O–H groups in total. The summed E-state index contributed by atoms with van der Waals surface area (Å²) in [5.74, 6) is -3.50. The molecule has 0 radical (unpaired) electrons. The molecule has 1 aliphatic rings. The number of carbonyl (C=O) groups excluding carboxylic acids is 2. The number of benzene rings is 1. The van der Waals surface area contributed by atoms with Crippen molar-refractivity contribution in [1.82, 2.24) is 0 Å². The SMILES string of the molecule is COC(=O)[C@H](OC(=O)c1ccccc1)[C@]1(O)C/C(=C\[Si](C)(C)C)[C@H](C)[C@H](C)O1. The van der Waals surface area contributed by atoms with Gasteiger partial charge in [-0.25, -0.2) is 9.59 Å². The van der Waals surface area contributed by atoms with E-state index in [1.807, 2.05) is 13.8 Å². The summed E-state index contributed by atoms with van der Waals surface area (Å²) in [4.78, 5) is 24.9. The van der Waals surface area contributed by atoms with Gasteiger partial charge in [0.25, 0.3) is 6.10 Å². The normalized spacial score (nSPS) is 27.9. The minimum absolute atomic E-state index is 0.0740. The second-order valence-electron chi connectivity index (χ2n) is 8.39. The van der Waals surface area contributed by atoms with Crippen LogP contribution in [0.1, 0.15) is 30.6 Å². The van der Waals surface area contributed by atoms with Crippen molar-refractivity contribution in [3.63, 3.8) is 0 Å². The summed E-state index contributed by atoms with van der Waals surface area (Å²) in [5.41, 5.74) is 3.48. The van der Waals surface area contributed by atoms with E-state index in [1.165, 1.54) is 7.11 Å². The van der Waals surface area contributed by atoms with Gasteiger partial charge in [-0.15, -0.1) is 0 Å². The fourth-order valence-electron chi connectivity index (χ4n) is 3.29. The molecule has 0 saturated carbocycles. The maximum Gasteiger partial charge on any atom is 0.352 e. The number of methoxy groups -OCH3 is 1. The van der Waals surface area contributed by atoms with Gasteiger partial charge in [-0.3, -0.25) is 0 Å². The Kier molecular flexibility index (Phi) is 6.85. The molecule has 1 heterocycles. The predicted octanol–water partition coefficient (Wildman–Crippen LogP) is 3.32. The zero-order valence-corrected chi connectivity index (χ0v) is 18.4. The maximum atomic E-state index is 12.5. The predicted molar refractivity (Wildman–Crippen MR) is 108 cm³/mol. The Morgan fingerprint density at radius 3 is 2.39 bits per heavy atom. The molecule has 0 unspecified atom stereocenters. The third kappa shape index (κ3) is 5.30. The molecule has 1 saturated heterocycles. The molecule has 154 valence electrons. The maximum absolute atomic E-state index is 12.5. The first-order valence-corrected chi connectivity index (χ1v) is 13.0. The summed E-state index contributed by atoms with van der Waals surface area (Å²) in [7, 11) is -0.403. The molecule has 7 heteroatoms. The van der Waals surface area contributed by atoms with Crippen molar-refractivity contribution in [1.29, 1.82) is 0 Å². The van der Waals surface area contributed by atoms with Gasteiger partial charge in [0.2, 0.25) is 5.79 Å².